The number of carbonyl (C=O) groups excluding carboxylic acids is 1. The molecule has 0 fully saturated rings. The van der Waals surface area contributed by atoms with Crippen molar-refractivity contribution < 1.29 is 4.79 Å². The molecule has 0 aromatic carbocycles. The van der Waals surface area contributed by atoms with Crippen LogP contribution in [-0.4, -0.2) is 20.7 Å². The van der Waals surface area contributed by atoms with E-state index >= 15 is 0 Å². The zero-order chi connectivity index (χ0) is 13.1. The van der Waals surface area contributed by atoms with Crippen molar-refractivity contribution in [3.63, 3.8) is 0 Å². The van der Waals surface area contributed by atoms with Crippen LogP contribution in [0.5, 0.6) is 0 Å². The Labute approximate surface area is 110 Å². The molecule has 0 saturated heterocycles. The first-order valence-corrected chi connectivity index (χ1v) is 6.65. The van der Waals surface area contributed by atoms with E-state index in [1.165, 1.54) is 11.3 Å². The van der Waals surface area contributed by atoms with E-state index in [0.717, 1.165) is 17.1 Å². The van der Waals surface area contributed by atoms with E-state index < -0.39 is 0 Å². The van der Waals surface area contributed by atoms with Crippen LogP contribution in [-0.2, 0) is 11.3 Å². The highest BCUT2D eigenvalue weighted by Crippen LogP contribution is 2.14. The van der Waals surface area contributed by atoms with E-state index in [1.807, 2.05) is 36.9 Å². The topological polar surface area (TPSA) is 59.8 Å². The molecule has 96 valence electrons. The molecule has 5 nitrogen and oxygen atoms in total. The number of thiazole rings is 1. The zero-order valence-electron chi connectivity index (χ0n) is 10.7. The number of nitrogens with zero attached hydrogens (tertiary/aromatic N) is 3. The van der Waals surface area contributed by atoms with Gasteiger partial charge < -0.3 is 5.32 Å². The summed E-state index contributed by atoms with van der Waals surface area (Å²) in [6.45, 7) is 6.43. The predicted octanol–water partition coefficient (Wildman–Crippen LogP) is 2.29. The van der Waals surface area contributed by atoms with Crippen molar-refractivity contribution in [2.75, 3.05) is 5.32 Å². The van der Waals surface area contributed by atoms with Gasteiger partial charge in [-0.25, -0.2) is 4.98 Å². The molecule has 0 aliphatic rings. The van der Waals surface area contributed by atoms with Gasteiger partial charge in [-0.3, -0.25) is 9.48 Å². The summed E-state index contributed by atoms with van der Waals surface area (Å²) in [6, 6.07) is 2.00. The van der Waals surface area contributed by atoms with Gasteiger partial charge in [-0.15, -0.1) is 11.3 Å². The first-order chi connectivity index (χ1) is 8.54. The fourth-order valence-corrected chi connectivity index (χ4v) is 2.41. The predicted molar refractivity (Wildman–Crippen MR) is 71.8 cm³/mol. The van der Waals surface area contributed by atoms with Gasteiger partial charge in [0.1, 0.15) is 0 Å². The van der Waals surface area contributed by atoms with Gasteiger partial charge >= 0.3 is 0 Å². The molecule has 1 amide bonds. The summed E-state index contributed by atoms with van der Waals surface area (Å²) >= 11 is 1.44. The minimum atomic E-state index is -0.0306. The maximum absolute atomic E-state index is 11.7. The van der Waals surface area contributed by atoms with Crippen molar-refractivity contribution in [2.24, 2.45) is 0 Å². The summed E-state index contributed by atoms with van der Waals surface area (Å²) in [5, 5.41) is 9.68. The lowest BCUT2D eigenvalue weighted by Gasteiger charge is -2.04. The molecule has 0 spiro atoms. The quantitative estimate of drug-likeness (QED) is 0.921. The minimum Gasteiger partial charge on any atom is -0.302 e. The number of rotatable bonds is 4. The van der Waals surface area contributed by atoms with Gasteiger partial charge in [-0.2, -0.15) is 5.10 Å². The molecule has 0 aliphatic carbocycles. The molecule has 6 heteroatoms. The molecule has 0 atom stereocenters. The van der Waals surface area contributed by atoms with E-state index in [-0.39, 0.29) is 5.91 Å². The Morgan fingerprint density at radius 1 is 1.39 bits per heavy atom. The van der Waals surface area contributed by atoms with E-state index in [0.29, 0.717) is 18.1 Å². The monoisotopic (exact) mass is 264 g/mol. The lowest BCUT2D eigenvalue weighted by Crippen LogP contribution is -2.15. The molecular formula is C12H16N4OS. The van der Waals surface area contributed by atoms with Crippen LogP contribution in [0.3, 0.4) is 0 Å². The second-order valence-electron chi connectivity index (χ2n) is 4.24. The van der Waals surface area contributed by atoms with Crippen LogP contribution in [0, 0.1) is 20.8 Å². The highest BCUT2D eigenvalue weighted by Gasteiger charge is 2.07. The van der Waals surface area contributed by atoms with Crippen LogP contribution in [0.25, 0.3) is 0 Å². The molecule has 1 N–H and O–H groups in total. The number of aryl methyl sites for hydroxylation is 4. The summed E-state index contributed by atoms with van der Waals surface area (Å²) in [5.74, 6) is -0.0306. The van der Waals surface area contributed by atoms with Crippen molar-refractivity contribution in [1.29, 1.82) is 0 Å². The van der Waals surface area contributed by atoms with Crippen LogP contribution in [0.1, 0.15) is 23.5 Å². The van der Waals surface area contributed by atoms with Gasteiger partial charge in [-0.1, -0.05) is 0 Å². The van der Waals surface area contributed by atoms with Crippen molar-refractivity contribution >= 4 is 22.4 Å². The normalized spacial score (nSPS) is 10.6. The fourth-order valence-electron chi connectivity index (χ4n) is 1.70. The third-order valence-electron chi connectivity index (χ3n) is 2.52. The Hall–Kier alpha value is -1.69. The van der Waals surface area contributed by atoms with Crippen molar-refractivity contribution in [1.82, 2.24) is 14.8 Å². The van der Waals surface area contributed by atoms with Gasteiger partial charge in [0, 0.05) is 24.0 Å². The molecule has 2 rings (SSSR count). The number of hydrogen-bond acceptors (Lipinski definition) is 4. The maximum atomic E-state index is 11.7. The standard InChI is InChI=1S/C12H16N4OS/c1-8-6-10(3)16(15-8)5-4-11(17)14-12-13-9(2)7-18-12/h6-7H,4-5H2,1-3H3,(H,13,14,17). The number of amides is 1. The second-order valence-corrected chi connectivity index (χ2v) is 5.10. The molecule has 0 unspecified atom stereocenters. The van der Waals surface area contributed by atoms with Crippen molar-refractivity contribution in [3.8, 4) is 0 Å². The van der Waals surface area contributed by atoms with Gasteiger partial charge in [0.2, 0.25) is 5.91 Å². The first kappa shape index (κ1) is 12.8. The number of aromatic nitrogens is 3. The van der Waals surface area contributed by atoms with Crippen molar-refractivity contribution in [3.05, 3.63) is 28.5 Å². The van der Waals surface area contributed by atoms with E-state index in [9.17, 15) is 4.79 Å². The molecule has 0 saturated carbocycles. The fraction of sp³-hybridized carbons (Fsp3) is 0.417. The molecule has 2 heterocycles. The van der Waals surface area contributed by atoms with Crippen LogP contribution in [0.2, 0.25) is 0 Å². The summed E-state index contributed by atoms with van der Waals surface area (Å²) in [7, 11) is 0. The lowest BCUT2D eigenvalue weighted by molar-refractivity contribution is -0.116. The zero-order valence-corrected chi connectivity index (χ0v) is 11.5. The average Bonchev–Trinajstić information content (AvgIpc) is 2.82. The van der Waals surface area contributed by atoms with Crippen LogP contribution in [0.4, 0.5) is 5.13 Å². The van der Waals surface area contributed by atoms with Gasteiger partial charge in [-0.05, 0) is 26.8 Å². The van der Waals surface area contributed by atoms with Gasteiger partial charge in [0.05, 0.1) is 11.4 Å². The number of nitrogens with one attached hydrogen (secondary N) is 1. The number of hydrogen-bond donors (Lipinski definition) is 1. The van der Waals surface area contributed by atoms with E-state index in [4.69, 9.17) is 0 Å². The van der Waals surface area contributed by atoms with Gasteiger partial charge in [0.15, 0.2) is 5.13 Å². The average molecular weight is 264 g/mol. The summed E-state index contributed by atoms with van der Waals surface area (Å²) in [4.78, 5) is 15.9. The Bertz CT molecular complexity index is 558. The highest BCUT2D eigenvalue weighted by molar-refractivity contribution is 7.13. The van der Waals surface area contributed by atoms with Crippen LogP contribution >= 0.6 is 11.3 Å². The molecule has 2 aromatic rings. The Balaban J connectivity index is 1.87. The molecule has 18 heavy (non-hydrogen) atoms. The maximum Gasteiger partial charge on any atom is 0.228 e. The van der Waals surface area contributed by atoms with E-state index in [1.54, 1.807) is 0 Å². The van der Waals surface area contributed by atoms with Crippen LogP contribution in [0.15, 0.2) is 11.4 Å². The van der Waals surface area contributed by atoms with Crippen LogP contribution < -0.4 is 5.32 Å². The number of carbonyl (C=O) groups is 1. The Kier molecular flexibility index (Phi) is 3.76. The third kappa shape index (κ3) is 3.16. The molecule has 0 aliphatic heterocycles. The summed E-state index contributed by atoms with van der Waals surface area (Å²) < 4.78 is 1.85. The molecule has 0 radical (unpaired) electrons. The third-order valence-corrected chi connectivity index (χ3v) is 3.39. The first-order valence-electron chi connectivity index (χ1n) is 5.77. The summed E-state index contributed by atoms with van der Waals surface area (Å²) in [6.07, 6.45) is 0.403. The Morgan fingerprint density at radius 2 is 2.17 bits per heavy atom. The number of anilines is 1. The van der Waals surface area contributed by atoms with Crippen molar-refractivity contribution in [2.45, 2.75) is 33.7 Å². The SMILES string of the molecule is Cc1csc(NC(=O)CCn2nc(C)cc2C)n1. The second kappa shape index (κ2) is 5.30. The highest BCUT2D eigenvalue weighted by atomic mass is 32.1. The molecule has 2 aromatic heterocycles. The van der Waals surface area contributed by atoms with Gasteiger partial charge in [0.25, 0.3) is 0 Å². The minimum absolute atomic E-state index is 0.0306. The van der Waals surface area contributed by atoms with E-state index in [2.05, 4.69) is 15.4 Å². The lowest BCUT2D eigenvalue weighted by atomic mass is 10.3. The molecule has 0 bridgehead atoms. The molecular weight excluding hydrogens is 248 g/mol. The smallest absolute Gasteiger partial charge is 0.228 e. The Morgan fingerprint density at radius 3 is 2.72 bits per heavy atom. The largest absolute Gasteiger partial charge is 0.302 e. The summed E-state index contributed by atoms with van der Waals surface area (Å²) in [5.41, 5.74) is 2.97.